The van der Waals surface area contributed by atoms with Gasteiger partial charge < -0.3 is 5.32 Å². The molecule has 0 spiro atoms. The van der Waals surface area contributed by atoms with Gasteiger partial charge in [0.25, 0.3) is 0 Å². The number of piperazine rings is 1. The van der Waals surface area contributed by atoms with E-state index in [1.54, 1.807) is 0 Å². The van der Waals surface area contributed by atoms with Gasteiger partial charge in [-0.25, -0.2) is 0 Å². The first-order valence-electron chi connectivity index (χ1n) is 7.85. The third kappa shape index (κ3) is 3.97. The van der Waals surface area contributed by atoms with Crippen molar-refractivity contribution in [2.75, 3.05) is 13.1 Å². The molecule has 1 aliphatic heterocycles. The van der Waals surface area contributed by atoms with E-state index in [1.165, 1.54) is 18.4 Å². The summed E-state index contributed by atoms with van der Waals surface area (Å²) in [5.74, 6) is 0.729. The van der Waals surface area contributed by atoms with E-state index in [4.69, 9.17) is 11.6 Å². The van der Waals surface area contributed by atoms with Gasteiger partial charge in [-0.05, 0) is 30.0 Å². The number of nitrogens with zero attached hydrogens (tertiary/aromatic N) is 1. The Kier molecular flexibility index (Phi) is 5.88. The number of benzene rings is 1. The average Bonchev–Trinajstić information content (AvgIpc) is 2.48. The minimum absolute atomic E-state index is 0.627. The van der Waals surface area contributed by atoms with Crippen LogP contribution in [0.15, 0.2) is 24.3 Å². The molecule has 0 saturated carbocycles. The molecule has 2 nitrogen and oxygen atoms in total. The van der Waals surface area contributed by atoms with Crippen molar-refractivity contribution < 1.29 is 0 Å². The molecule has 0 aromatic heterocycles. The predicted molar refractivity (Wildman–Crippen MR) is 87.2 cm³/mol. The standard InChI is InChI=1S/C17H27ClN2/c1-4-13(3)17-10-19-16(5-2)12-20(17)11-14-6-8-15(18)9-7-14/h6-9,13,16-17,19H,4-5,10-12H2,1-3H3. The van der Waals surface area contributed by atoms with Gasteiger partial charge in [0, 0.05) is 36.7 Å². The van der Waals surface area contributed by atoms with Gasteiger partial charge >= 0.3 is 0 Å². The van der Waals surface area contributed by atoms with E-state index >= 15 is 0 Å². The fourth-order valence-electron chi connectivity index (χ4n) is 3.01. The minimum atomic E-state index is 0.627. The molecular formula is C17H27ClN2. The van der Waals surface area contributed by atoms with Crippen LogP contribution in [-0.2, 0) is 6.54 Å². The fourth-order valence-corrected chi connectivity index (χ4v) is 3.14. The molecule has 0 bridgehead atoms. The highest BCUT2D eigenvalue weighted by Gasteiger charge is 2.29. The van der Waals surface area contributed by atoms with Gasteiger partial charge in [0.2, 0.25) is 0 Å². The van der Waals surface area contributed by atoms with E-state index in [0.717, 1.165) is 30.6 Å². The smallest absolute Gasteiger partial charge is 0.0406 e. The van der Waals surface area contributed by atoms with Crippen LogP contribution in [0.5, 0.6) is 0 Å². The Balaban J connectivity index is 2.08. The highest BCUT2D eigenvalue weighted by molar-refractivity contribution is 6.30. The zero-order chi connectivity index (χ0) is 14.5. The number of nitrogens with one attached hydrogen (secondary N) is 1. The minimum Gasteiger partial charge on any atom is -0.311 e. The quantitative estimate of drug-likeness (QED) is 0.885. The molecule has 20 heavy (non-hydrogen) atoms. The van der Waals surface area contributed by atoms with Crippen molar-refractivity contribution in [1.29, 1.82) is 0 Å². The van der Waals surface area contributed by atoms with Gasteiger partial charge in [-0.15, -0.1) is 0 Å². The summed E-state index contributed by atoms with van der Waals surface area (Å²) in [7, 11) is 0. The number of hydrogen-bond donors (Lipinski definition) is 1. The molecule has 0 radical (unpaired) electrons. The second-order valence-corrected chi connectivity index (χ2v) is 6.46. The Morgan fingerprint density at radius 1 is 1.30 bits per heavy atom. The Bertz CT molecular complexity index is 404. The van der Waals surface area contributed by atoms with E-state index in [1.807, 2.05) is 12.1 Å². The summed E-state index contributed by atoms with van der Waals surface area (Å²) >= 11 is 5.98. The molecular weight excluding hydrogens is 268 g/mol. The summed E-state index contributed by atoms with van der Waals surface area (Å²) in [4.78, 5) is 2.65. The molecule has 1 aliphatic rings. The summed E-state index contributed by atoms with van der Waals surface area (Å²) in [6.07, 6.45) is 2.44. The molecule has 1 aromatic rings. The molecule has 0 aliphatic carbocycles. The first kappa shape index (κ1) is 15.8. The van der Waals surface area contributed by atoms with Crippen molar-refractivity contribution in [2.24, 2.45) is 5.92 Å². The number of halogens is 1. The van der Waals surface area contributed by atoms with Crippen LogP contribution in [0.4, 0.5) is 0 Å². The Morgan fingerprint density at radius 2 is 2.00 bits per heavy atom. The van der Waals surface area contributed by atoms with Crippen LogP contribution < -0.4 is 5.32 Å². The maximum atomic E-state index is 5.98. The molecule has 1 aromatic carbocycles. The molecule has 1 N–H and O–H groups in total. The second-order valence-electron chi connectivity index (χ2n) is 6.02. The molecule has 3 heteroatoms. The molecule has 3 atom stereocenters. The Morgan fingerprint density at radius 3 is 2.60 bits per heavy atom. The Hall–Kier alpha value is -0.570. The van der Waals surface area contributed by atoms with Crippen LogP contribution >= 0.6 is 11.6 Å². The summed E-state index contributed by atoms with van der Waals surface area (Å²) in [6, 6.07) is 9.56. The SMILES string of the molecule is CCC1CN(Cc2ccc(Cl)cc2)C(C(C)CC)CN1. The summed E-state index contributed by atoms with van der Waals surface area (Å²) in [5.41, 5.74) is 1.36. The van der Waals surface area contributed by atoms with E-state index in [9.17, 15) is 0 Å². The van der Waals surface area contributed by atoms with Crippen molar-refractivity contribution in [3.05, 3.63) is 34.9 Å². The van der Waals surface area contributed by atoms with Crippen LogP contribution in [0.25, 0.3) is 0 Å². The highest BCUT2D eigenvalue weighted by atomic mass is 35.5. The summed E-state index contributed by atoms with van der Waals surface area (Å²) in [5, 5.41) is 4.51. The molecule has 3 unspecified atom stereocenters. The maximum Gasteiger partial charge on any atom is 0.0406 e. The first-order chi connectivity index (χ1) is 9.63. The molecule has 112 valence electrons. The fraction of sp³-hybridized carbons (Fsp3) is 0.647. The highest BCUT2D eigenvalue weighted by Crippen LogP contribution is 2.22. The van der Waals surface area contributed by atoms with Crippen LogP contribution in [0.2, 0.25) is 5.02 Å². The van der Waals surface area contributed by atoms with E-state index in [2.05, 4.69) is 43.1 Å². The molecule has 1 fully saturated rings. The van der Waals surface area contributed by atoms with E-state index in [-0.39, 0.29) is 0 Å². The van der Waals surface area contributed by atoms with Crippen LogP contribution in [0, 0.1) is 5.92 Å². The first-order valence-corrected chi connectivity index (χ1v) is 8.23. The van der Waals surface area contributed by atoms with Gasteiger partial charge in [0.15, 0.2) is 0 Å². The molecule has 0 amide bonds. The molecule has 1 heterocycles. The number of hydrogen-bond acceptors (Lipinski definition) is 2. The van der Waals surface area contributed by atoms with Gasteiger partial charge in [-0.3, -0.25) is 4.90 Å². The zero-order valence-corrected chi connectivity index (χ0v) is 13.7. The summed E-state index contributed by atoms with van der Waals surface area (Å²) in [6.45, 7) is 10.2. The van der Waals surface area contributed by atoms with Crippen molar-refractivity contribution in [3.8, 4) is 0 Å². The van der Waals surface area contributed by atoms with Gasteiger partial charge in [-0.1, -0.05) is 50.9 Å². The Labute approximate surface area is 128 Å². The lowest BCUT2D eigenvalue weighted by Crippen LogP contribution is -2.57. The van der Waals surface area contributed by atoms with E-state index in [0.29, 0.717) is 12.1 Å². The van der Waals surface area contributed by atoms with Crippen LogP contribution in [0.3, 0.4) is 0 Å². The van der Waals surface area contributed by atoms with Crippen LogP contribution in [-0.4, -0.2) is 30.1 Å². The van der Waals surface area contributed by atoms with Crippen molar-refractivity contribution in [1.82, 2.24) is 10.2 Å². The van der Waals surface area contributed by atoms with Gasteiger partial charge in [0.05, 0.1) is 0 Å². The second kappa shape index (κ2) is 7.44. The lowest BCUT2D eigenvalue weighted by atomic mass is 9.93. The average molecular weight is 295 g/mol. The topological polar surface area (TPSA) is 15.3 Å². The molecule has 2 rings (SSSR count). The van der Waals surface area contributed by atoms with Crippen molar-refractivity contribution in [2.45, 2.75) is 52.2 Å². The van der Waals surface area contributed by atoms with Crippen LogP contribution in [0.1, 0.15) is 39.2 Å². The predicted octanol–water partition coefficient (Wildman–Crippen LogP) is 3.94. The molecule has 1 saturated heterocycles. The van der Waals surface area contributed by atoms with Gasteiger partial charge in [0.1, 0.15) is 0 Å². The monoisotopic (exact) mass is 294 g/mol. The lowest BCUT2D eigenvalue weighted by molar-refractivity contribution is 0.0833. The lowest BCUT2D eigenvalue weighted by Gasteiger charge is -2.43. The van der Waals surface area contributed by atoms with E-state index < -0.39 is 0 Å². The van der Waals surface area contributed by atoms with Gasteiger partial charge in [-0.2, -0.15) is 0 Å². The third-order valence-corrected chi connectivity index (χ3v) is 4.88. The van der Waals surface area contributed by atoms with Crippen molar-refractivity contribution in [3.63, 3.8) is 0 Å². The summed E-state index contributed by atoms with van der Waals surface area (Å²) < 4.78 is 0. The van der Waals surface area contributed by atoms with Crippen molar-refractivity contribution >= 4 is 11.6 Å². The maximum absolute atomic E-state index is 5.98. The third-order valence-electron chi connectivity index (χ3n) is 4.63. The largest absolute Gasteiger partial charge is 0.311 e. The normalized spacial score (nSPS) is 25.6. The zero-order valence-electron chi connectivity index (χ0n) is 12.9. The number of rotatable bonds is 5.